The fraction of sp³-hybridized carbons (Fsp3) is 0.200. The third-order valence-electron chi connectivity index (χ3n) is 5.09. The maximum atomic E-state index is 12.8. The summed E-state index contributed by atoms with van der Waals surface area (Å²) in [5.74, 6) is -0.808. The quantitative estimate of drug-likeness (QED) is 0.451. The lowest BCUT2D eigenvalue weighted by Crippen LogP contribution is -2.17. The zero-order valence-corrected chi connectivity index (χ0v) is 19.4. The molecule has 0 saturated carbocycles. The average molecular weight is 503 g/mol. The number of alkyl halides is 3. The van der Waals surface area contributed by atoms with E-state index in [1.165, 1.54) is 48.5 Å². The van der Waals surface area contributed by atoms with Crippen molar-refractivity contribution in [2.45, 2.75) is 31.0 Å². The first-order valence-corrected chi connectivity index (χ1v) is 12.1. The van der Waals surface area contributed by atoms with Gasteiger partial charge in [-0.25, -0.2) is 8.42 Å². The molecule has 10 heteroatoms. The highest BCUT2D eigenvalue weighted by Crippen LogP contribution is 2.36. The Hall–Kier alpha value is -3.84. The molecular formula is C25H21F3N2O4S. The molecule has 0 aliphatic rings. The fourth-order valence-electron chi connectivity index (χ4n) is 3.44. The zero-order chi connectivity index (χ0) is 25.6. The van der Waals surface area contributed by atoms with Gasteiger partial charge in [0.25, 0.3) is 0 Å². The first-order valence-electron chi connectivity index (χ1n) is 10.5. The molecule has 1 N–H and O–H groups in total. The van der Waals surface area contributed by atoms with Gasteiger partial charge in [0.1, 0.15) is 5.75 Å². The number of halogens is 3. The number of hydrogen-bond acceptors (Lipinski definition) is 5. The Labute approximate surface area is 200 Å². The van der Waals surface area contributed by atoms with E-state index in [-0.39, 0.29) is 35.0 Å². The van der Waals surface area contributed by atoms with Crippen LogP contribution in [0, 0.1) is 11.3 Å². The van der Waals surface area contributed by atoms with Crippen LogP contribution in [0.1, 0.15) is 18.1 Å². The number of anilines is 1. The van der Waals surface area contributed by atoms with E-state index < -0.39 is 21.9 Å². The molecular weight excluding hydrogens is 481 g/mol. The second-order valence-corrected chi connectivity index (χ2v) is 9.80. The summed E-state index contributed by atoms with van der Waals surface area (Å²) >= 11 is 0. The van der Waals surface area contributed by atoms with Crippen molar-refractivity contribution >= 4 is 21.4 Å². The Kier molecular flexibility index (Phi) is 7.82. The maximum Gasteiger partial charge on any atom is 0.573 e. The minimum absolute atomic E-state index is 0.0238. The number of rotatable bonds is 8. The number of carbonyl (C=O) groups excluding carboxylic acids is 1. The third kappa shape index (κ3) is 6.83. The monoisotopic (exact) mass is 502 g/mol. The summed E-state index contributed by atoms with van der Waals surface area (Å²) in [6, 6.07) is 18.2. The van der Waals surface area contributed by atoms with Gasteiger partial charge in [-0.2, -0.15) is 5.26 Å². The highest BCUT2D eigenvalue weighted by atomic mass is 32.2. The lowest BCUT2D eigenvalue weighted by atomic mass is 9.96. The van der Waals surface area contributed by atoms with Gasteiger partial charge in [-0.1, -0.05) is 43.3 Å². The van der Waals surface area contributed by atoms with Crippen LogP contribution in [0.5, 0.6) is 5.75 Å². The molecule has 0 saturated heterocycles. The fourth-order valence-corrected chi connectivity index (χ4v) is 4.32. The van der Waals surface area contributed by atoms with Crippen molar-refractivity contribution in [1.82, 2.24) is 0 Å². The molecule has 0 radical (unpaired) electrons. The number of nitrogens with one attached hydrogen (secondary N) is 1. The second-order valence-electron chi connectivity index (χ2n) is 7.52. The molecule has 1 amide bonds. The van der Waals surface area contributed by atoms with E-state index in [4.69, 9.17) is 0 Å². The van der Waals surface area contributed by atoms with Gasteiger partial charge in [0, 0.05) is 11.3 Å². The highest BCUT2D eigenvalue weighted by molar-refractivity contribution is 7.91. The van der Waals surface area contributed by atoms with Crippen LogP contribution in [0.25, 0.3) is 11.1 Å². The van der Waals surface area contributed by atoms with E-state index >= 15 is 0 Å². The molecule has 0 atom stereocenters. The van der Waals surface area contributed by atoms with E-state index in [0.717, 1.165) is 0 Å². The molecule has 182 valence electrons. The van der Waals surface area contributed by atoms with E-state index in [1.54, 1.807) is 25.1 Å². The number of nitrogens with zero attached hydrogens (tertiary/aromatic N) is 1. The summed E-state index contributed by atoms with van der Waals surface area (Å²) < 4.78 is 66.4. The lowest BCUT2D eigenvalue weighted by Gasteiger charge is -2.16. The molecule has 3 aromatic rings. The first kappa shape index (κ1) is 25.8. The lowest BCUT2D eigenvalue weighted by molar-refractivity contribution is -0.274. The number of carbonyl (C=O) groups is 1. The van der Waals surface area contributed by atoms with Crippen LogP contribution < -0.4 is 10.1 Å². The van der Waals surface area contributed by atoms with Crippen molar-refractivity contribution < 1.29 is 31.1 Å². The van der Waals surface area contributed by atoms with Crippen LogP contribution in [0.15, 0.2) is 71.6 Å². The van der Waals surface area contributed by atoms with Gasteiger partial charge < -0.3 is 10.1 Å². The van der Waals surface area contributed by atoms with Gasteiger partial charge in [-0.15, -0.1) is 13.2 Å². The smallest absolute Gasteiger partial charge is 0.405 e. The average Bonchev–Trinajstić information content (AvgIpc) is 2.79. The molecule has 3 aromatic carbocycles. The van der Waals surface area contributed by atoms with E-state index in [0.29, 0.717) is 22.4 Å². The number of benzene rings is 3. The SMILES string of the molecule is CCS(=O)(=O)c1ccc(CC(=O)Nc2ccc(-c3ccccc3OC(F)(F)F)c(CC#N)c2)cc1. The molecule has 0 unspecified atom stereocenters. The van der Waals surface area contributed by atoms with Gasteiger partial charge in [0.05, 0.1) is 29.6 Å². The van der Waals surface area contributed by atoms with Crippen LogP contribution in [0.3, 0.4) is 0 Å². The summed E-state index contributed by atoms with van der Waals surface area (Å²) in [5.41, 5.74) is 1.91. The number of hydrogen-bond donors (Lipinski definition) is 1. The molecule has 0 spiro atoms. The van der Waals surface area contributed by atoms with Crippen molar-refractivity contribution in [2.75, 3.05) is 11.1 Å². The number of sulfone groups is 1. The van der Waals surface area contributed by atoms with E-state index in [9.17, 15) is 31.6 Å². The molecule has 0 bridgehead atoms. The molecule has 3 rings (SSSR count). The molecule has 0 aliphatic heterocycles. The van der Waals surface area contributed by atoms with E-state index in [1.807, 2.05) is 6.07 Å². The highest BCUT2D eigenvalue weighted by Gasteiger charge is 2.32. The van der Waals surface area contributed by atoms with Crippen molar-refractivity contribution in [2.24, 2.45) is 0 Å². The van der Waals surface area contributed by atoms with Gasteiger partial charge in [0.2, 0.25) is 5.91 Å². The summed E-state index contributed by atoms with van der Waals surface area (Å²) in [7, 11) is -3.34. The summed E-state index contributed by atoms with van der Waals surface area (Å²) in [5, 5.41) is 11.9. The maximum absolute atomic E-state index is 12.8. The van der Waals surface area contributed by atoms with Crippen LogP contribution >= 0.6 is 0 Å². The number of nitriles is 1. The topological polar surface area (TPSA) is 96.3 Å². The number of para-hydroxylation sites is 1. The second kappa shape index (κ2) is 10.6. The van der Waals surface area contributed by atoms with Gasteiger partial charge in [0.15, 0.2) is 9.84 Å². The Balaban J connectivity index is 1.81. The Morgan fingerprint density at radius 3 is 2.34 bits per heavy atom. The zero-order valence-electron chi connectivity index (χ0n) is 18.6. The largest absolute Gasteiger partial charge is 0.573 e. The van der Waals surface area contributed by atoms with Gasteiger partial charge in [-0.05, 0) is 47.0 Å². The van der Waals surface area contributed by atoms with E-state index in [2.05, 4.69) is 10.1 Å². The van der Waals surface area contributed by atoms with Gasteiger partial charge in [-0.3, -0.25) is 4.79 Å². The first-order chi connectivity index (χ1) is 16.5. The van der Waals surface area contributed by atoms with Crippen molar-refractivity contribution in [1.29, 1.82) is 5.26 Å². The predicted octanol–water partition coefficient (Wildman–Crippen LogP) is 5.29. The predicted molar refractivity (Wildman–Crippen MR) is 124 cm³/mol. The Morgan fingerprint density at radius 2 is 1.71 bits per heavy atom. The number of amides is 1. The standard InChI is InChI=1S/C25H21F3N2O4S/c1-2-35(32,33)20-10-7-17(8-11-20)15-24(31)30-19-9-12-21(18(16-19)13-14-29)22-5-3-4-6-23(22)34-25(26,27)28/h3-12,16H,2,13,15H2,1H3,(H,30,31). The van der Waals surface area contributed by atoms with Crippen LogP contribution in [-0.4, -0.2) is 26.4 Å². The molecule has 0 aliphatic carbocycles. The minimum Gasteiger partial charge on any atom is -0.405 e. The Morgan fingerprint density at radius 1 is 1.03 bits per heavy atom. The molecule has 0 aromatic heterocycles. The summed E-state index contributed by atoms with van der Waals surface area (Å²) in [6.07, 6.45) is -5.00. The molecule has 35 heavy (non-hydrogen) atoms. The molecule has 6 nitrogen and oxygen atoms in total. The van der Waals surface area contributed by atoms with Crippen LogP contribution in [0.2, 0.25) is 0 Å². The Bertz CT molecular complexity index is 1360. The molecule has 0 fully saturated rings. The van der Waals surface area contributed by atoms with Crippen molar-refractivity contribution in [3.63, 3.8) is 0 Å². The molecule has 0 heterocycles. The van der Waals surface area contributed by atoms with Crippen molar-refractivity contribution in [3.05, 3.63) is 77.9 Å². The van der Waals surface area contributed by atoms with Gasteiger partial charge >= 0.3 is 6.36 Å². The van der Waals surface area contributed by atoms with Crippen LogP contribution in [0.4, 0.5) is 18.9 Å². The minimum atomic E-state index is -4.88. The number of ether oxygens (including phenoxy) is 1. The third-order valence-corrected chi connectivity index (χ3v) is 6.84. The summed E-state index contributed by atoms with van der Waals surface area (Å²) in [6.45, 7) is 1.55. The summed E-state index contributed by atoms with van der Waals surface area (Å²) in [4.78, 5) is 12.7. The van der Waals surface area contributed by atoms with Crippen molar-refractivity contribution in [3.8, 4) is 22.9 Å². The normalized spacial score (nSPS) is 11.5. The van der Waals surface area contributed by atoms with Crippen LogP contribution in [-0.2, 0) is 27.5 Å².